The molecule has 7 heteroatoms. The van der Waals surface area contributed by atoms with Crippen molar-refractivity contribution >= 4 is 17.9 Å². The maximum Gasteiger partial charge on any atom is 0.323 e. The molecule has 0 radical (unpaired) electrons. The molecular weight excluding hydrogens is 530 g/mol. The molecule has 0 aromatic heterocycles. The van der Waals surface area contributed by atoms with Gasteiger partial charge in [-0.1, -0.05) is 20.8 Å². The molecule has 0 saturated heterocycles. The minimum absolute atomic E-state index is 0.0484. The van der Waals surface area contributed by atoms with Gasteiger partial charge in [0.1, 0.15) is 17.7 Å². The first-order chi connectivity index (χ1) is 19.5. The van der Waals surface area contributed by atoms with Gasteiger partial charge in [0.15, 0.2) is 0 Å². The van der Waals surface area contributed by atoms with Crippen LogP contribution in [0.3, 0.4) is 0 Å². The molecule has 4 rings (SSSR count). The maximum absolute atomic E-state index is 12.8. The fourth-order valence-corrected chi connectivity index (χ4v) is 10.1. The number of carbonyl (C=O) groups excluding carboxylic acids is 3. The molecule has 6 unspecified atom stereocenters. The molecule has 0 amide bonds. The summed E-state index contributed by atoms with van der Waals surface area (Å²) in [7, 11) is 0. The summed E-state index contributed by atoms with van der Waals surface area (Å²) < 4.78 is 16.8. The van der Waals surface area contributed by atoms with Crippen LogP contribution in [0.15, 0.2) is 0 Å². The lowest BCUT2D eigenvalue weighted by atomic mass is 9.44. The maximum atomic E-state index is 12.8. The Morgan fingerprint density at radius 1 is 0.881 bits per heavy atom. The van der Waals surface area contributed by atoms with E-state index in [0.717, 1.165) is 37.0 Å². The Kier molecular flexibility index (Phi) is 10.1. The number of ether oxygens (including phenoxy) is 3. The van der Waals surface area contributed by atoms with E-state index in [1.165, 1.54) is 38.5 Å². The Morgan fingerprint density at radius 3 is 2.21 bits per heavy atom. The normalized spacial score (nSPS) is 37.6. The first-order valence-electron chi connectivity index (χ1n) is 16.9. The van der Waals surface area contributed by atoms with Gasteiger partial charge in [-0.2, -0.15) is 0 Å². The van der Waals surface area contributed by atoms with E-state index in [-0.39, 0.29) is 42.4 Å². The second-order valence-corrected chi connectivity index (χ2v) is 16.2. The zero-order valence-electron chi connectivity index (χ0n) is 27.7. The van der Waals surface area contributed by atoms with Crippen LogP contribution in [-0.2, 0) is 28.6 Å². The lowest BCUT2D eigenvalue weighted by Gasteiger charge is -2.61. The van der Waals surface area contributed by atoms with E-state index in [2.05, 4.69) is 20.8 Å². The minimum Gasteiger partial charge on any atom is -0.463 e. The highest BCUT2D eigenvalue weighted by molar-refractivity contribution is 5.77. The Labute approximate surface area is 254 Å². The number of hydrogen-bond donors (Lipinski definition) is 1. The van der Waals surface area contributed by atoms with E-state index in [1.54, 1.807) is 0 Å². The van der Waals surface area contributed by atoms with E-state index < -0.39 is 17.6 Å². The van der Waals surface area contributed by atoms with E-state index in [0.29, 0.717) is 29.6 Å². The van der Waals surface area contributed by atoms with Crippen LogP contribution in [0.4, 0.5) is 0 Å². The minimum atomic E-state index is -0.803. The number of fused-ring (bicyclic) bond motifs is 5. The van der Waals surface area contributed by atoms with Crippen LogP contribution in [0.1, 0.15) is 132 Å². The summed E-state index contributed by atoms with van der Waals surface area (Å²) >= 11 is 0. The number of esters is 3. The van der Waals surface area contributed by atoms with Crippen molar-refractivity contribution in [1.29, 1.82) is 0 Å². The average molecular weight is 590 g/mol. The third-order valence-corrected chi connectivity index (χ3v) is 11.9. The van der Waals surface area contributed by atoms with Gasteiger partial charge in [-0.3, -0.25) is 14.4 Å². The first kappa shape index (κ1) is 33.3. The van der Waals surface area contributed by atoms with Gasteiger partial charge in [0.05, 0.1) is 6.10 Å². The fraction of sp³-hybridized carbons (Fsp3) is 0.914. The van der Waals surface area contributed by atoms with Crippen LogP contribution >= 0.6 is 0 Å². The van der Waals surface area contributed by atoms with Gasteiger partial charge in [0, 0.05) is 12.8 Å². The topological polar surface area (TPSA) is 105 Å². The number of rotatable bonds is 9. The standard InChI is InChI=1S/C35H59NO6/c1-21(2)40-31(38)19-22(3)26-11-12-27-25-10-9-23-20-24(15-17-34(23,7)28(25)16-18-35(26,27)8)41-32(39)29(36)13-14-30(37)42-33(4,5)6/h21-29H,9-20,36H2,1-8H3/t22-,23?,24?,25?,26?,27?,28?,29+,34+,35-/m1/s1. The molecule has 4 aliphatic rings. The van der Waals surface area contributed by atoms with Gasteiger partial charge in [-0.05, 0) is 145 Å². The summed E-state index contributed by atoms with van der Waals surface area (Å²) in [5, 5.41) is 0. The monoisotopic (exact) mass is 589 g/mol. The first-order valence-corrected chi connectivity index (χ1v) is 16.9. The molecule has 42 heavy (non-hydrogen) atoms. The van der Waals surface area contributed by atoms with Crippen molar-refractivity contribution in [2.24, 2.45) is 52.1 Å². The van der Waals surface area contributed by atoms with E-state index in [9.17, 15) is 14.4 Å². The largest absolute Gasteiger partial charge is 0.463 e. The lowest BCUT2D eigenvalue weighted by Crippen LogP contribution is -2.54. The van der Waals surface area contributed by atoms with Crippen LogP contribution in [0.2, 0.25) is 0 Å². The van der Waals surface area contributed by atoms with Gasteiger partial charge in [0.25, 0.3) is 0 Å². The van der Waals surface area contributed by atoms with Crippen molar-refractivity contribution in [3.05, 3.63) is 0 Å². The molecule has 0 aromatic carbocycles. The van der Waals surface area contributed by atoms with Crippen molar-refractivity contribution in [1.82, 2.24) is 0 Å². The third-order valence-electron chi connectivity index (χ3n) is 11.9. The number of nitrogens with two attached hydrogens (primary N) is 1. The quantitative estimate of drug-likeness (QED) is 0.228. The van der Waals surface area contributed by atoms with E-state index >= 15 is 0 Å². The molecule has 0 bridgehead atoms. The Hall–Kier alpha value is -1.63. The summed E-state index contributed by atoms with van der Waals surface area (Å²) in [6.07, 6.45) is 11.1. The highest BCUT2D eigenvalue weighted by Gasteiger charge is 2.61. The molecule has 0 spiro atoms. The van der Waals surface area contributed by atoms with Crippen LogP contribution in [0, 0.1) is 46.3 Å². The van der Waals surface area contributed by atoms with Crippen LogP contribution < -0.4 is 5.73 Å². The summed E-state index contributed by atoms with van der Waals surface area (Å²) in [6, 6.07) is -0.803. The smallest absolute Gasteiger partial charge is 0.323 e. The molecular formula is C35H59NO6. The zero-order valence-corrected chi connectivity index (χ0v) is 27.7. The summed E-state index contributed by atoms with van der Waals surface area (Å²) in [5.41, 5.74) is 6.18. The molecule has 0 heterocycles. The lowest BCUT2D eigenvalue weighted by molar-refractivity contribution is -0.165. The molecule has 7 nitrogen and oxygen atoms in total. The molecule has 4 aliphatic carbocycles. The van der Waals surface area contributed by atoms with Gasteiger partial charge in [-0.25, -0.2) is 0 Å². The van der Waals surface area contributed by atoms with Crippen molar-refractivity contribution in [3.8, 4) is 0 Å². The van der Waals surface area contributed by atoms with Crippen molar-refractivity contribution in [3.63, 3.8) is 0 Å². The van der Waals surface area contributed by atoms with Crippen molar-refractivity contribution in [2.75, 3.05) is 0 Å². The predicted octanol–water partition coefficient (Wildman–Crippen LogP) is 6.98. The fourth-order valence-electron chi connectivity index (χ4n) is 10.1. The summed E-state index contributed by atoms with van der Waals surface area (Å²) in [6.45, 7) is 16.7. The number of hydrogen-bond acceptors (Lipinski definition) is 7. The van der Waals surface area contributed by atoms with Crippen molar-refractivity contribution in [2.45, 2.75) is 156 Å². The van der Waals surface area contributed by atoms with Gasteiger partial charge in [0.2, 0.25) is 0 Å². The Bertz CT molecular complexity index is 988. The molecule has 0 aromatic rings. The summed E-state index contributed by atoms with van der Waals surface area (Å²) in [5.74, 6) is 2.95. The summed E-state index contributed by atoms with van der Waals surface area (Å²) in [4.78, 5) is 37.3. The van der Waals surface area contributed by atoms with Gasteiger partial charge >= 0.3 is 17.9 Å². The highest BCUT2D eigenvalue weighted by Crippen LogP contribution is 2.68. The van der Waals surface area contributed by atoms with Crippen LogP contribution in [-0.4, -0.2) is 41.8 Å². The third kappa shape index (κ3) is 7.18. The Balaban J connectivity index is 1.31. The zero-order chi connectivity index (χ0) is 31.0. The molecule has 2 N–H and O–H groups in total. The molecule has 4 fully saturated rings. The molecule has 10 atom stereocenters. The SMILES string of the molecule is CC(C)OC(=O)C[C@@H](C)C1CCC2C3CCC4CC(OC(=O)[C@@H](N)CCC(=O)OC(C)(C)C)CC[C@]4(C)C3CC[C@@]21C. The predicted molar refractivity (Wildman–Crippen MR) is 163 cm³/mol. The van der Waals surface area contributed by atoms with Gasteiger partial charge < -0.3 is 19.9 Å². The second kappa shape index (κ2) is 12.8. The van der Waals surface area contributed by atoms with Crippen LogP contribution in [0.25, 0.3) is 0 Å². The van der Waals surface area contributed by atoms with Gasteiger partial charge in [-0.15, -0.1) is 0 Å². The number of carbonyl (C=O) groups is 3. The second-order valence-electron chi connectivity index (χ2n) is 16.2. The highest BCUT2D eigenvalue weighted by atomic mass is 16.6. The molecule has 0 aliphatic heterocycles. The van der Waals surface area contributed by atoms with Crippen molar-refractivity contribution < 1.29 is 28.6 Å². The van der Waals surface area contributed by atoms with E-state index in [1.807, 2.05) is 34.6 Å². The molecule has 240 valence electrons. The Morgan fingerprint density at radius 2 is 1.55 bits per heavy atom. The van der Waals surface area contributed by atoms with Crippen LogP contribution in [0.5, 0.6) is 0 Å². The average Bonchev–Trinajstić information content (AvgIpc) is 3.23. The molecule has 4 saturated carbocycles. The van der Waals surface area contributed by atoms with E-state index in [4.69, 9.17) is 19.9 Å².